The van der Waals surface area contributed by atoms with Crippen LogP contribution < -0.4 is 10.1 Å². The van der Waals surface area contributed by atoms with Gasteiger partial charge in [0.05, 0.1) is 0 Å². The van der Waals surface area contributed by atoms with Gasteiger partial charge < -0.3 is 15.0 Å². The Morgan fingerprint density at radius 2 is 1.57 bits per heavy atom. The van der Waals surface area contributed by atoms with Gasteiger partial charge in [-0.1, -0.05) is 78.7 Å². The number of nitrogens with one attached hydrogen (secondary N) is 1. The van der Waals surface area contributed by atoms with Gasteiger partial charge in [-0.15, -0.1) is 0 Å². The zero-order valence-electron chi connectivity index (χ0n) is 22.4. The number of nitrogens with zero attached hydrogens (tertiary/aromatic N) is 1. The van der Waals surface area contributed by atoms with Crippen LogP contribution in [0.25, 0.3) is 0 Å². The maximum absolute atomic E-state index is 13.7. The first kappa shape index (κ1) is 28.3. The summed E-state index contributed by atoms with van der Waals surface area (Å²) in [4.78, 5) is 28.9. The van der Waals surface area contributed by atoms with Crippen molar-refractivity contribution in [2.75, 3.05) is 6.61 Å². The fraction of sp³-hybridized carbons (Fsp3) is 0.355. The van der Waals surface area contributed by atoms with Gasteiger partial charge in [-0.3, -0.25) is 9.59 Å². The molecular weight excluding hydrogens is 484 g/mol. The molecule has 6 heteroatoms. The predicted molar refractivity (Wildman–Crippen MR) is 150 cm³/mol. The molecule has 0 aliphatic heterocycles. The smallest absolute Gasteiger partial charge is 0.261 e. The van der Waals surface area contributed by atoms with Crippen LogP contribution in [0.2, 0.25) is 5.02 Å². The van der Waals surface area contributed by atoms with Gasteiger partial charge in [0, 0.05) is 24.0 Å². The van der Waals surface area contributed by atoms with Gasteiger partial charge in [0.1, 0.15) is 11.8 Å². The molecule has 37 heavy (non-hydrogen) atoms. The summed E-state index contributed by atoms with van der Waals surface area (Å²) in [5.41, 5.74) is 4.84. The lowest BCUT2D eigenvalue weighted by Crippen LogP contribution is -2.53. The highest BCUT2D eigenvalue weighted by Gasteiger charge is 2.31. The molecule has 1 N–H and O–H groups in total. The molecule has 0 aliphatic rings. The largest absolute Gasteiger partial charge is 0.484 e. The molecular formula is C31H37ClN2O3. The first-order chi connectivity index (χ1) is 17.7. The monoisotopic (exact) mass is 520 g/mol. The van der Waals surface area contributed by atoms with Crippen LogP contribution >= 0.6 is 11.6 Å². The fourth-order valence-corrected chi connectivity index (χ4v) is 4.21. The lowest BCUT2D eigenvalue weighted by atomic mass is 10.0. The number of hydrogen-bond acceptors (Lipinski definition) is 3. The summed E-state index contributed by atoms with van der Waals surface area (Å²) in [5.74, 6) is 0.148. The molecule has 0 fully saturated rings. The molecule has 5 nitrogen and oxygen atoms in total. The molecule has 0 aromatic heterocycles. The maximum atomic E-state index is 13.7. The van der Waals surface area contributed by atoms with E-state index in [2.05, 4.69) is 5.32 Å². The minimum absolute atomic E-state index is 0.00151. The summed E-state index contributed by atoms with van der Waals surface area (Å²) in [6.07, 6.45) is 1.20. The van der Waals surface area contributed by atoms with Crippen molar-refractivity contribution in [2.45, 2.75) is 66.1 Å². The molecule has 0 unspecified atom stereocenters. The number of rotatable bonds is 11. The molecule has 3 aromatic rings. The van der Waals surface area contributed by atoms with Gasteiger partial charge in [0.2, 0.25) is 5.91 Å². The Morgan fingerprint density at radius 1 is 0.946 bits per heavy atom. The van der Waals surface area contributed by atoms with E-state index in [1.165, 1.54) is 0 Å². The van der Waals surface area contributed by atoms with E-state index in [-0.39, 0.29) is 24.5 Å². The van der Waals surface area contributed by atoms with E-state index in [1.54, 1.807) is 4.90 Å². The van der Waals surface area contributed by atoms with Gasteiger partial charge in [-0.05, 0) is 68.5 Å². The van der Waals surface area contributed by atoms with Crippen LogP contribution in [-0.4, -0.2) is 35.4 Å². The molecule has 0 saturated carbocycles. The maximum Gasteiger partial charge on any atom is 0.261 e. The number of carbonyl (C=O) groups is 2. The van der Waals surface area contributed by atoms with Crippen LogP contribution in [0, 0.1) is 20.8 Å². The second kappa shape index (κ2) is 13.3. The zero-order chi connectivity index (χ0) is 26.9. The van der Waals surface area contributed by atoms with Crippen molar-refractivity contribution in [1.29, 1.82) is 0 Å². The summed E-state index contributed by atoms with van der Waals surface area (Å²) >= 11 is 6.30. The molecule has 3 rings (SSSR count). The van der Waals surface area contributed by atoms with Crippen molar-refractivity contribution in [3.63, 3.8) is 0 Å². The van der Waals surface area contributed by atoms with Gasteiger partial charge in [0.15, 0.2) is 6.61 Å². The number of aryl methyl sites for hydroxylation is 3. The highest BCUT2D eigenvalue weighted by atomic mass is 35.5. The van der Waals surface area contributed by atoms with E-state index in [0.717, 1.165) is 34.2 Å². The molecule has 0 heterocycles. The Morgan fingerprint density at radius 3 is 2.16 bits per heavy atom. The Bertz CT molecular complexity index is 1170. The molecule has 2 amide bonds. The molecule has 2 atom stereocenters. The van der Waals surface area contributed by atoms with Crippen molar-refractivity contribution in [1.82, 2.24) is 10.2 Å². The van der Waals surface area contributed by atoms with Gasteiger partial charge in [-0.25, -0.2) is 0 Å². The summed E-state index contributed by atoms with van der Waals surface area (Å²) in [6, 6.07) is 20.8. The van der Waals surface area contributed by atoms with E-state index >= 15 is 0 Å². The van der Waals surface area contributed by atoms with Gasteiger partial charge >= 0.3 is 0 Å². The first-order valence-corrected chi connectivity index (χ1v) is 13.1. The number of benzene rings is 3. The van der Waals surface area contributed by atoms with Crippen molar-refractivity contribution in [2.24, 2.45) is 0 Å². The molecule has 0 saturated heterocycles. The summed E-state index contributed by atoms with van der Waals surface area (Å²) < 4.78 is 5.92. The predicted octanol–water partition coefficient (Wildman–Crippen LogP) is 6.20. The molecule has 0 aliphatic carbocycles. The lowest BCUT2D eigenvalue weighted by Gasteiger charge is -2.32. The topological polar surface area (TPSA) is 58.6 Å². The summed E-state index contributed by atoms with van der Waals surface area (Å²) in [6.45, 7) is 9.94. The van der Waals surface area contributed by atoms with E-state index in [9.17, 15) is 9.59 Å². The summed E-state index contributed by atoms with van der Waals surface area (Å²) in [7, 11) is 0. The third-order valence-corrected chi connectivity index (χ3v) is 7.11. The third kappa shape index (κ3) is 8.09. The average Bonchev–Trinajstić information content (AvgIpc) is 2.89. The minimum Gasteiger partial charge on any atom is -0.484 e. The molecule has 0 bridgehead atoms. The van der Waals surface area contributed by atoms with E-state index in [1.807, 2.05) is 101 Å². The average molecular weight is 521 g/mol. The molecule has 3 aromatic carbocycles. The van der Waals surface area contributed by atoms with Crippen molar-refractivity contribution in [3.8, 4) is 5.75 Å². The normalized spacial score (nSPS) is 12.5. The van der Waals surface area contributed by atoms with Crippen LogP contribution in [0.3, 0.4) is 0 Å². The Hall–Kier alpha value is -3.31. The van der Waals surface area contributed by atoms with Crippen molar-refractivity contribution < 1.29 is 14.3 Å². The second-order valence-corrected chi connectivity index (χ2v) is 10.1. The second-order valence-electron chi connectivity index (χ2n) is 9.69. The van der Waals surface area contributed by atoms with Crippen LogP contribution in [-0.2, 0) is 22.6 Å². The quantitative estimate of drug-likeness (QED) is 0.327. The number of carbonyl (C=O) groups excluding carboxylic acids is 2. The molecule has 0 spiro atoms. The van der Waals surface area contributed by atoms with Crippen molar-refractivity contribution in [3.05, 3.63) is 99.6 Å². The number of amides is 2. The third-order valence-electron chi connectivity index (χ3n) is 6.52. The van der Waals surface area contributed by atoms with Crippen LogP contribution in [0.1, 0.15) is 48.1 Å². The Labute approximate surface area is 225 Å². The molecule has 196 valence electrons. The summed E-state index contributed by atoms with van der Waals surface area (Å²) in [5, 5.41) is 3.77. The zero-order valence-corrected chi connectivity index (χ0v) is 23.1. The fourth-order valence-electron chi connectivity index (χ4n) is 4.10. The van der Waals surface area contributed by atoms with E-state index in [4.69, 9.17) is 16.3 Å². The van der Waals surface area contributed by atoms with Gasteiger partial charge in [-0.2, -0.15) is 0 Å². The van der Waals surface area contributed by atoms with Crippen LogP contribution in [0.5, 0.6) is 5.75 Å². The molecule has 0 radical (unpaired) electrons. The standard InChI is InChI=1S/C31H37ClN2O3/c1-6-24(5)33-31(36)28(18-25-10-8-7-9-11-25)34(19-26-14-12-21(2)13-15-26)29(35)20-37-27-16-22(3)30(32)23(4)17-27/h7-17,24,28H,6,18-20H2,1-5H3,(H,33,36)/t24-,28+/m1/s1. The lowest BCUT2D eigenvalue weighted by molar-refractivity contribution is -0.143. The van der Waals surface area contributed by atoms with Gasteiger partial charge in [0.25, 0.3) is 5.91 Å². The van der Waals surface area contributed by atoms with E-state index < -0.39 is 6.04 Å². The van der Waals surface area contributed by atoms with E-state index in [0.29, 0.717) is 23.7 Å². The number of ether oxygens (including phenoxy) is 1. The SMILES string of the molecule is CC[C@@H](C)NC(=O)[C@H](Cc1ccccc1)N(Cc1ccc(C)cc1)C(=O)COc1cc(C)c(Cl)c(C)c1. The Kier molecular flexibility index (Phi) is 10.2. The Balaban J connectivity index is 1.92. The van der Waals surface area contributed by atoms with Crippen LogP contribution in [0.4, 0.5) is 0 Å². The van der Waals surface area contributed by atoms with Crippen LogP contribution in [0.15, 0.2) is 66.7 Å². The minimum atomic E-state index is -0.692. The highest BCUT2D eigenvalue weighted by molar-refractivity contribution is 6.32. The number of hydrogen-bond donors (Lipinski definition) is 1. The highest BCUT2D eigenvalue weighted by Crippen LogP contribution is 2.26. The van der Waals surface area contributed by atoms with Crippen molar-refractivity contribution >= 4 is 23.4 Å². The number of halogens is 1. The first-order valence-electron chi connectivity index (χ1n) is 12.8.